The van der Waals surface area contributed by atoms with E-state index < -0.39 is 15.7 Å². The third-order valence-electron chi connectivity index (χ3n) is 3.54. The Morgan fingerprint density at radius 1 is 1.20 bits per heavy atom. The number of amides is 1. The van der Waals surface area contributed by atoms with Crippen molar-refractivity contribution in [2.75, 3.05) is 11.1 Å². The second kappa shape index (κ2) is 7.12. The van der Waals surface area contributed by atoms with Gasteiger partial charge in [0.1, 0.15) is 0 Å². The van der Waals surface area contributed by atoms with Gasteiger partial charge in [0.05, 0.1) is 16.3 Å². The summed E-state index contributed by atoms with van der Waals surface area (Å²) < 4.78 is 23.9. The summed E-state index contributed by atoms with van der Waals surface area (Å²) in [5, 5.41) is 4.98. The Balaban J connectivity index is 1.80. The number of rotatable bonds is 5. The minimum absolute atomic E-state index is 0.0140. The van der Waals surface area contributed by atoms with Gasteiger partial charge >= 0.3 is 0 Å². The zero-order valence-corrected chi connectivity index (χ0v) is 15.0. The highest BCUT2D eigenvalue weighted by Gasteiger charge is 2.15. The van der Waals surface area contributed by atoms with Crippen LogP contribution in [0.25, 0.3) is 11.3 Å². The van der Waals surface area contributed by atoms with E-state index in [4.69, 9.17) is 0 Å². The molecule has 1 N–H and O–H groups in total. The van der Waals surface area contributed by atoms with Crippen LogP contribution in [0.1, 0.15) is 17.3 Å². The summed E-state index contributed by atoms with van der Waals surface area (Å²) in [4.78, 5) is 20.8. The maximum atomic E-state index is 12.4. The normalized spacial score (nSPS) is 11.2. The molecule has 0 aliphatic heterocycles. The summed E-state index contributed by atoms with van der Waals surface area (Å²) in [7, 11) is -3.36. The summed E-state index contributed by atoms with van der Waals surface area (Å²) in [5.74, 6) is -0.413. The first-order chi connectivity index (χ1) is 12.0. The number of sulfone groups is 1. The molecule has 128 valence electrons. The zero-order valence-electron chi connectivity index (χ0n) is 13.3. The number of carbonyl (C=O) groups excluding carboxylic acids is 1. The average Bonchev–Trinajstić information content (AvgIpc) is 3.11. The Morgan fingerprint density at radius 2 is 1.96 bits per heavy atom. The van der Waals surface area contributed by atoms with E-state index in [9.17, 15) is 13.2 Å². The third-order valence-corrected chi connectivity index (χ3v) is 6.03. The number of hydrogen-bond donors (Lipinski definition) is 1. The summed E-state index contributed by atoms with van der Waals surface area (Å²) in [6.45, 7) is 1.57. The molecule has 0 saturated heterocycles. The molecule has 2 aromatic heterocycles. The van der Waals surface area contributed by atoms with Gasteiger partial charge in [-0.3, -0.25) is 15.1 Å². The third kappa shape index (κ3) is 3.92. The minimum atomic E-state index is -3.36. The quantitative estimate of drug-likeness (QED) is 0.741. The van der Waals surface area contributed by atoms with Gasteiger partial charge in [-0.2, -0.15) is 0 Å². The molecule has 0 aliphatic rings. The van der Waals surface area contributed by atoms with Crippen molar-refractivity contribution < 1.29 is 13.2 Å². The summed E-state index contributed by atoms with van der Waals surface area (Å²) >= 11 is 1.30. The molecule has 25 heavy (non-hydrogen) atoms. The number of pyridine rings is 1. The molecule has 1 amide bonds. The van der Waals surface area contributed by atoms with Crippen LogP contribution in [0.3, 0.4) is 0 Å². The van der Waals surface area contributed by atoms with Gasteiger partial charge in [0, 0.05) is 28.9 Å². The first kappa shape index (κ1) is 17.2. The number of benzene rings is 1. The molecule has 0 fully saturated rings. The molecule has 0 bridgehead atoms. The van der Waals surface area contributed by atoms with E-state index >= 15 is 0 Å². The number of aromatic nitrogens is 2. The minimum Gasteiger partial charge on any atom is -0.298 e. The number of nitrogens with one attached hydrogen (secondary N) is 1. The van der Waals surface area contributed by atoms with E-state index in [0.29, 0.717) is 5.13 Å². The maximum absolute atomic E-state index is 12.4. The highest BCUT2D eigenvalue weighted by molar-refractivity contribution is 7.91. The lowest BCUT2D eigenvalue weighted by atomic mass is 10.2. The zero-order chi connectivity index (χ0) is 17.9. The predicted octanol–water partition coefficient (Wildman–Crippen LogP) is 3.25. The van der Waals surface area contributed by atoms with Crippen molar-refractivity contribution in [3.63, 3.8) is 0 Å². The van der Waals surface area contributed by atoms with Crippen molar-refractivity contribution in [3.8, 4) is 11.3 Å². The van der Waals surface area contributed by atoms with E-state index in [0.717, 1.165) is 11.3 Å². The second-order valence-corrected chi connectivity index (χ2v) is 8.30. The molecule has 6 nitrogen and oxygen atoms in total. The van der Waals surface area contributed by atoms with Crippen LogP contribution in [-0.2, 0) is 9.84 Å². The Kier molecular flexibility index (Phi) is 4.91. The fourth-order valence-corrected chi connectivity index (χ4v) is 3.79. The summed E-state index contributed by atoms with van der Waals surface area (Å²) in [6.07, 6.45) is 3.35. The molecule has 2 heterocycles. The van der Waals surface area contributed by atoms with E-state index in [-0.39, 0.29) is 16.2 Å². The van der Waals surface area contributed by atoms with Crippen LogP contribution < -0.4 is 5.32 Å². The molecular formula is C17H15N3O3S2. The number of carbonyl (C=O) groups is 1. The number of hydrogen-bond acceptors (Lipinski definition) is 6. The second-order valence-electron chi connectivity index (χ2n) is 5.16. The van der Waals surface area contributed by atoms with Crippen molar-refractivity contribution in [1.82, 2.24) is 9.97 Å². The van der Waals surface area contributed by atoms with Crippen LogP contribution >= 0.6 is 11.3 Å². The fourth-order valence-electron chi connectivity index (χ4n) is 2.15. The molecule has 0 aliphatic carbocycles. The summed E-state index contributed by atoms with van der Waals surface area (Å²) in [5.41, 5.74) is 1.92. The Hall–Kier alpha value is -2.58. The Labute approximate surface area is 149 Å². The average molecular weight is 373 g/mol. The first-order valence-electron chi connectivity index (χ1n) is 7.49. The van der Waals surface area contributed by atoms with Crippen LogP contribution in [0, 0.1) is 0 Å². The van der Waals surface area contributed by atoms with Crippen LogP contribution in [0.15, 0.2) is 59.1 Å². The van der Waals surface area contributed by atoms with Crippen molar-refractivity contribution in [2.45, 2.75) is 11.8 Å². The molecule has 0 atom stereocenters. The van der Waals surface area contributed by atoms with Gasteiger partial charge in [-0.15, -0.1) is 11.3 Å². The van der Waals surface area contributed by atoms with Gasteiger partial charge in [-0.05, 0) is 30.3 Å². The van der Waals surface area contributed by atoms with Crippen LogP contribution in [-0.4, -0.2) is 30.0 Å². The molecule has 3 rings (SSSR count). The van der Waals surface area contributed by atoms with E-state index in [1.807, 2.05) is 17.5 Å². The van der Waals surface area contributed by atoms with Crippen molar-refractivity contribution in [1.29, 1.82) is 0 Å². The van der Waals surface area contributed by atoms with E-state index in [1.54, 1.807) is 31.5 Å². The SMILES string of the molecule is CCS(=O)(=O)c1cccc(C(=O)Nc2nc(-c3ccncc3)cs2)c1. The largest absolute Gasteiger partial charge is 0.298 e. The molecule has 0 spiro atoms. The van der Waals surface area contributed by atoms with Gasteiger partial charge < -0.3 is 0 Å². The molecule has 3 aromatic rings. The van der Waals surface area contributed by atoms with Gasteiger partial charge in [-0.25, -0.2) is 13.4 Å². The molecule has 8 heteroatoms. The van der Waals surface area contributed by atoms with Crippen molar-refractivity contribution in [3.05, 3.63) is 59.7 Å². The van der Waals surface area contributed by atoms with Gasteiger partial charge in [0.15, 0.2) is 15.0 Å². The van der Waals surface area contributed by atoms with Crippen LogP contribution in [0.2, 0.25) is 0 Å². The van der Waals surface area contributed by atoms with Crippen LogP contribution in [0.5, 0.6) is 0 Å². The maximum Gasteiger partial charge on any atom is 0.257 e. The summed E-state index contributed by atoms with van der Waals surface area (Å²) in [6, 6.07) is 9.66. The number of anilines is 1. The van der Waals surface area contributed by atoms with E-state index in [1.165, 1.54) is 23.5 Å². The highest BCUT2D eigenvalue weighted by Crippen LogP contribution is 2.25. The lowest BCUT2D eigenvalue weighted by Gasteiger charge is -2.05. The monoisotopic (exact) mass is 373 g/mol. The highest BCUT2D eigenvalue weighted by atomic mass is 32.2. The Bertz CT molecular complexity index is 999. The lowest BCUT2D eigenvalue weighted by Crippen LogP contribution is -2.13. The molecular weight excluding hydrogens is 358 g/mol. The lowest BCUT2D eigenvalue weighted by molar-refractivity contribution is 0.102. The molecule has 0 unspecified atom stereocenters. The van der Waals surface area contributed by atoms with Gasteiger partial charge in [-0.1, -0.05) is 13.0 Å². The fraction of sp³-hybridized carbons (Fsp3) is 0.118. The standard InChI is InChI=1S/C17H15N3O3S2/c1-2-25(22,23)14-5-3-4-13(10-14)16(21)20-17-19-15(11-24-17)12-6-8-18-9-7-12/h3-11H,2H2,1H3,(H,19,20,21). The molecule has 0 radical (unpaired) electrons. The molecule has 1 aromatic carbocycles. The van der Waals surface area contributed by atoms with Crippen molar-refractivity contribution >= 4 is 32.2 Å². The predicted molar refractivity (Wildman–Crippen MR) is 97.5 cm³/mol. The number of nitrogens with zero attached hydrogens (tertiary/aromatic N) is 2. The Morgan fingerprint density at radius 3 is 2.68 bits per heavy atom. The van der Waals surface area contributed by atoms with Gasteiger partial charge in [0.2, 0.25) is 0 Å². The topological polar surface area (TPSA) is 89.0 Å². The van der Waals surface area contributed by atoms with Crippen molar-refractivity contribution in [2.24, 2.45) is 0 Å². The first-order valence-corrected chi connectivity index (χ1v) is 10.0. The molecule has 0 saturated carbocycles. The smallest absolute Gasteiger partial charge is 0.257 e. The van der Waals surface area contributed by atoms with E-state index in [2.05, 4.69) is 15.3 Å². The van der Waals surface area contributed by atoms with Gasteiger partial charge in [0.25, 0.3) is 5.91 Å². The van der Waals surface area contributed by atoms with Crippen LogP contribution in [0.4, 0.5) is 5.13 Å². The number of thiazole rings is 1.